The van der Waals surface area contributed by atoms with E-state index < -0.39 is 29.8 Å². The number of likely N-dealkylation sites (N-methyl/N-ethyl adjacent to an activating group) is 1. The van der Waals surface area contributed by atoms with Gasteiger partial charge in [-0.05, 0) is 36.8 Å². The number of ether oxygens (including phenoxy) is 3. The number of hydrogen-bond acceptors (Lipinski definition) is 7. The summed E-state index contributed by atoms with van der Waals surface area (Å²) < 4.78 is 16.8. The number of rotatable bonds is 9. The molecule has 0 spiro atoms. The summed E-state index contributed by atoms with van der Waals surface area (Å²) in [4.78, 5) is 55.2. The molecule has 4 amide bonds. The van der Waals surface area contributed by atoms with Crippen molar-refractivity contribution in [1.29, 1.82) is 0 Å². The van der Waals surface area contributed by atoms with E-state index >= 15 is 0 Å². The van der Waals surface area contributed by atoms with Crippen LogP contribution in [0.3, 0.4) is 0 Å². The summed E-state index contributed by atoms with van der Waals surface area (Å²) in [6, 6.07) is 20.9. The van der Waals surface area contributed by atoms with Crippen molar-refractivity contribution < 1.29 is 33.4 Å². The minimum atomic E-state index is -1.23. The van der Waals surface area contributed by atoms with Crippen molar-refractivity contribution >= 4 is 23.6 Å². The number of nitrogens with one attached hydrogen (secondary N) is 3. The van der Waals surface area contributed by atoms with E-state index in [4.69, 9.17) is 14.2 Å². The third-order valence-corrected chi connectivity index (χ3v) is 7.08. The minimum Gasteiger partial charge on any atom is -0.497 e. The van der Waals surface area contributed by atoms with Crippen molar-refractivity contribution in [2.24, 2.45) is 0 Å². The Morgan fingerprint density at radius 1 is 0.977 bits per heavy atom. The molecule has 0 unspecified atom stereocenters. The molecule has 0 fully saturated rings. The van der Waals surface area contributed by atoms with Crippen LogP contribution in [-0.4, -0.2) is 80.6 Å². The SMILES string of the molecule is CCN1CCOc2ccccc2C(=O)N[C@H](C(=O)NCCOc2cccc(OC)c2)CC(=O)N[C@H](Cc2ccccc2)C1=O. The molecule has 3 N–H and O–H groups in total. The Kier molecular flexibility index (Phi) is 11.6. The molecule has 0 bridgehead atoms. The minimum absolute atomic E-state index is 0.115. The van der Waals surface area contributed by atoms with Gasteiger partial charge >= 0.3 is 0 Å². The predicted molar refractivity (Wildman–Crippen MR) is 164 cm³/mol. The van der Waals surface area contributed by atoms with Crippen LogP contribution in [0.5, 0.6) is 17.2 Å². The van der Waals surface area contributed by atoms with E-state index in [9.17, 15) is 19.2 Å². The molecule has 0 radical (unpaired) electrons. The van der Waals surface area contributed by atoms with Crippen LogP contribution >= 0.6 is 0 Å². The molecule has 0 aliphatic carbocycles. The first-order chi connectivity index (χ1) is 21.4. The number of hydrogen-bond donors (Lipinski definition) is 3. The van der Waals surface area contributed by atoms with Crippen LogP contribution in [0.15, 0.2) is 78.9 Å². The van der Waals surface area contributed by atoms with Crippen LogP contribution in [0.1, 0.15) is 29.3 Å². The summed E-state index contributed by atoms with van der Waals surface area (Å²) in [6.45, 7) is 2.90. The Morgan fingerprint density at radius 2 is 1.73 bits per heavy atom. The first-order valence-corrected chi connectivity index (χ1v) is 14.6. The summed E-state index contributed by atoms with van der Waals surface area (Å²) >= 11 is 0. The van der Waals surface area contributed by atoms with E-state index in [0.717, 1.165) is 5.56 Å². The first-order valence-electron chi connectivity index (χ1n) is 14.6. The highest BCUT2D eigenvalue weighted by atomic mass is 16.5. The van der Waals surface area contributed by atoms with Crippen molar-refractivity contribution in [3.8, 4) is 17.2 Å². The van der Waals surface area contributed by atoms with E-state index in [1.54, 1.807) is 60.5 Å². The Labute approximate surface area is 256 Å². The molecule has 3 aromatic carbocycles. The zero-order valence-electron chi connectivity index (χ0n) is 24.9. The van der Waals surface area contributed by atoms with Gasteiger partial charge in [0, 0.05) is 19.0 Å². The van der Waals surface area contributed by atoms with Crippen molar-refractivity contribution in [2.45, 2.75) is 31.8 Å². The summed E-state index contributed by atoms with van der Waals surface area (Å²) in [7, 11) is 1.56. The van der Waals surface area contributed by atoms with Gasteiger partial charge in [-0.25, -0.2) is 0 Å². The molecular weight excluding hydrogens is 564 g/mol. The highest BCUT2D eigenvalue weighted by molar-refractivity contribution is 6.01. The molecule has 2 atom stereocenters. The second-order valence-corrected chi connectivity index (χ2v) is 10.1. The molecule has 4 rings (SSSR count). The highest BCUT2D eigenvalue weighted by Gasteiger charge is 2.30. The highest BCUT2D eigenvalue weighted by Crippen LogP contribution is 2.20. The maximum Gasteiger partial charge on any atom is 0.255 e. The fourth-order valence-corrected chi connectivity index (χ4v) is 4.78. The van der Waals surface area contributed by atoms with Gasteiger partial charge in [-0.3, -0.25) is 19.2 Å². The van der Waals surface area contributed by atoms with Gasteiger partial charge in [-0.2, -0.15) is 0 Å². The molecule has 232 valence electrons. The predicted octanol–water partition coefficient (Wildman–Crippen LogP) is 2.35. The quantitative estimate of drug-likeness (QED) is 0.320. The molecule has 44 heavy (non-hydrogen) atoms. The second-order valence-electron chi connectivity index (χ2n) is 10.1. The molecule has 11 heteroatoms. The number of amides is 4. The van der Waals surface area contributed by atoms with Gasteiger partial charge in [0.25, 0.3) is 5.91 Å². The van der Waals surface area contributed by atoms with Gasteiger partial charge in [-0.15, -0.1) is 0 Å². The Balaban J connectivity index is 1.52. The Morgan fingerprint density at radius 3 is 2.50 bits per heavy atom. The number of nitrogens with zero attached hydrogens (tertiary/aromatic N) is 1. The van der Waals surface area contributed by atoms with Crippen molar-refractivity contribution in [3.63, 3.8) is 0 Å². The average Bonchev–Trinajstić information content (AvgIpc) is 3.04. The van der Waals surface area contributed by atoms with E-state index in [2.05, 4.69) is 16.0 Å². The number of methoxy groups -OCH3 is 1. The summed E-state index contributed by atoms with van der Waals surface area (Å²) in [5.74, 6) is -0.451. The lowest BCUT2D eigenvalue weighted by molar-refractivity contribution is -0.137. The Hall–Kier alpha value is -5.06. The fourth-order valence-electron chi connectivity index (χ4n) is 4.78. The molecule has 3 aromatic rings. The second kappa shape index (κ2) is 16.0. The maximum atomic E-state index is 13.6. The van der Waals surface area contributed by atoms with E-state index in [-0.39, 0.29) is 50.6 Å². The standard InChI is InChI=1S/C33H38N4O7/c1-3-37-17-19-44-29-15-8-7-14-26(29)31(39)36-27(32(40)34-16-18-43-25-13-9-12-24(21-25)42-2)22-30(38)35-28(33(37)41)20-23-10-5-4-6-11-23/h4-15,21,27-28H,3,16-20,22H2,1-2H3,(H,34,40)(H,35,38)(H,36,39)/t27-,28+/m0/s1. The largest absolute Gasteiger partial charge is 0.497 e. The van der Waals surface area contributed by atoms with Crippen LogP contribution in [0.2, 0.25) is 0 Å². The van der Waals surface area contributed by atoms with Gasteiger partial charge in [0.15, 0.2) is 0 Å². The molecular formula is C33H38N4O7. The third kappa shape index (κ3) is 8.97. The van der Waals surface area contributed by atoms with Crippen molar-refractivity contribution in [2.75, 3.05) is 40.0 Å². The van der Waals surface area contributed by atoms with Gasteiger partial charge in [0.05, 0.1) is 32.2 Å². The number of benzene rings is 3. The van der Waals surface area contributed by atoms with E-state index in [1.165, 1.54) is 0 Å². The van der Waals surface area contributed by atoms with Crippen LogP contribution in [0, 0.1) is 0 Å². The van der Waals surface area contributed by atoms with Crippen LogP contribution in [0.4, 0.5) is 0 Å². The number of fused-ring (bicyclic) bond motifs is 1. The van der Waals surface area contributed by atoms with Gasteiger partial charge < -0.3 is 35.1 Å². The van der Waals surface area contributed by atoms with Crippen molar-refractivity contribution in [1.82, 2.24) is 20.9 Å². The summed E-state index contributed by atoms with van der Waals surface area (Å²) in [5.41, 5.74) is 1.08. The molecule has 11 nitrogen and oxygen atoms in total. The average molecular weight is 603 g/mol. The molecule has 1 aliphatic heterocycles. The maximum absolute atomic E-state index is 13.6. The van der Waals surface area contributed by atoms with Gasteiger partial charge in [-0.1, -0.05) is 48.5 Å². The number of para-hydroxylation sites is 1. The van der Waals surface area contributed by atoms with E-state index in [0.29, 0.717) is 23.8 Å². The Bertz CT molecular complexity index is 1430. The van der Waals surface area contributed by atoms with Crippen LogP contribution < -0.4 is 30.2 Å². The van der Waals surface area contributed by atoms with E-state index in [1.807, 2.05) is 37.3 Å². The van der Waals surface area contributed by atoms with Crippen LogP contribution in [0.25, 0.3) is 0 Å². The lowest BCUT2D eigenvalue weighted by atomic mass is 10.0. The monoisotopic (exact) mass is 602 g/mol. The van der Waals surface area contributed by atoms with Crippen LogP contribution in [-0.2, 0) is 20.8 Å². The van der Waals surface area contributed by atoms with Crippen molar-refractivity contribution in [3.05, 3.63) is 90.0 Å². The molecule has 0 saturated heterocycles. The zero-order valence-corrected chi connectivity index (χ0v) is 24.9. The molecule has 0 saturated carbocycles. The zero-order chi connectivity index (χ0) is 31.3. The topological polar surface area (TPSA) is 135 Å². The van der Waals surface area contributed by atoms with Gasteiger partial charge in [0.2, 0.25) is 17.7 Å². The molecule has 1 aliphatic rings. The normalized spacial score (nSPS) is 17.7. The first kappa shape index (κ1) is 31.9. The molecule has 0 aromatic heterocycles. The fraction of sp³-hybridized carbons (Fsp3) is 0.333. The third-order valence-electron chi connectivity index (χ3n) is 7.08. The number of carbonyl (C=O) groups is 4. The number of carbonyl (C=O) groups excluding carboxylic acids is 4. The van der Waals surface area contributed by atoms with Gasteiger partial charge in [0.1, 0.15) is 42.5 Å². The smallest absolute Gasteiger partial charge is 0.255 e. The lowest BCUT2D eigenvalue weighted by Crippen LogP contribution is -2.54. The molecule has 1 heterocycles. The summed E-state index contributed by atoms with van der Waals surface area (Å²) in [6.07, 6.45) is -0.127. The summed E-state index contributed by atoms with van der Waals surface area (Å²) in [5, 5.41) is 8.23. The lowest BCUT2D eigenvalue weighted by Gasteiger charge is -2.28.